The summed E-state index contributed by atoms with van der Waals surface area (Å²) in [5.41, 5.74) is 0. The molecule has 1 heterocycles. The first kappa shape index (κ1) is 12.3. The van der Waals surface area contributed by atoms with Crippen LogP contribution in [0.4, 0.5) is 0 Å². The highest BCUT2D eigenvalue weighted by Gasteiger charge is 2.32. The van der Waals surface area contributed by atoms with E-state index in [9.17, 15) is 8.42 Å². The first-order valence-electron chi connectivity index (χ1n) is 5.87. The predicted molar refractivity (Wildman–Crippen MR) is 61.2 cm³/mol. The summed E-state index contributed by atoms with van der Waals surface area (Å²) in [6.45, 7) is 5.29. The number of hydrogen-bond donors (Lipinski definition) is 1. The topological polar surface area (TPSA) is 58.6 Å². The molecule has 1 aliphatic carbocycles. The Labute approximate surface area is 97.3 Å². The Morgan fingerprint density at radius 3 is 2.31 bits per heavy atom. The Morgan fingerprint density at radius 1 is 1.25 bits per heavy atom. The molecule has 2 atom stereocenters. The van der Waals surface area contributed by atoms with Crippen LogP contribution in [0, 0.1) is 5.92 Å². The average molecular weight is 248 g/mol. The molecule has 16 heavy (non-hydrogen) atoms. The van der Waals surface area contributed by atoms with E-state index in [1.807, 2.05) is 13.8 Å². The highest BCUT2D eigenvalue weighted by Crippen LogP contribution is 2.28. The SMILES string of the molecule is C[C@@H]1CN(S(=O)(=O)NCC2CC2)C[C@@H](C)O1. The molecule has 0 spiro atoms. The molecule has 1 aliphatic heterocycles. The Morgan fingerprint density at radius 2 is 1.81 bits per heavy atom. The molecule has 2 fully saturated rings. The maximum atomic E-state index is 12.0. The zero-order valence-electron chi connectivity index (χ0n) is 9.85. The van der Waals surface area contributed by atoms with E-state index in [1.54, 1.807) is 0 Å². The van der Waals surface area contributed by atoms with Gasteiger partial charge in [-0.2, -0.15) is 12.7 Å². The molecule has 2 aliphatic rings. The van der Waals surface area contributed by atoms with Gasteiger partial charge in [0.2, 0.25) is 0 Å². The van der Waals surface area contributed by atoms with E-state index in [1.165, 1.54) is 4.31 Å². The lowest BCUT2D eigenvalue weighted by Gasteiger charge is -2.34. The third kappa shape index (κ3) is 3.16. The number of morpholine rings is 1. The molecule has 0 aromatic heterocycles. The van der Waals surface area contributed by atoms with Crippen LogP contribution in [0.15, 0.2) is 0 Å². The van der Waals surface area contributed by atoms with Crippen molar-refractivity contribution in [2.45, 2.75) is 38.9 Å². The van der Waals surface area contributed by atoms with Crippen molar-refractivity contribution in [1.82, 2.24) is 9.03 Å². The van der Waals surface area contributed by atoms with Crippen molar-refractivity contribution in [1.29, 1.82) is 0 Å². The summed E-state index contributed by atoms with van der Waals surface area (Å²) in [7, 11) is -3.30. The van der Waals surface area contributed by atoms with Gasteiger partial charge in [0, 0.05) is 19.6 Å². The molecule has 0 radical (unpaired) electrons. The molecule has 0 bridgehead atoms. The lowest BCUT2D eigenvalue weighted by molar-refractivity contribution is -0.0443. The van der Waals surface area contributed by atoms with Gasteiger partial charge < -0.3 is 4.74 Å². The van der Waals surface area contributed by atoms with Crippen LogP contribution in [0.1, 0.15) is 26.7 Å². The minimum atomic E-state index is -3.30. The van der Waals surface area contributed by atoms with Gasteiger partial charge in [-0.25, -0.2) is 4.72 Å². The summed E-state index contributed by atoms with van der Waals surface area (Å²) in [6, 6.07) is 0. The summed E-state index contributed by atoms with van der Waals surface area (Å²) in [4.78, 5) is 0. The zero-order valence-corrected chi connectivity index (χ0v) is 10.7. The molecule has 0 unspecified atom stereocenters. The molecule has 0 amide bonds. The molecular formula is C10H20N2O3S. The van der Waals surface area contributed by atoms with Crippen LogP contribution in [0.5, 0.6) is 0 Å². The fourth-order valence-electron chi connectivity index (χ4n) is 1.96. The average Bonchev–Trinajstić information content (AvgIpc) is 2.96. The number of nitrogens with zero attached hydrogens (tertiary/aromatic N) is 1. The molecule has 5 nitrogen and oxygen atoms in total. The maximum absolute atomic E-state index is 12.0. The van der Waals surface area contributed by atoms with Gasteiger partial charge in [-0.05, 0) is 32.6 Å². The van der Waals surface area contributed by atoms with E-state index in [4.69, 9.17) is 4.74 Å². The van der Waals surface area contributed by atoms with Crippen LogP contribution in [0.3, 0.4) is 0 Å². The van der Waals surface area contributed by atoms with Crippen molar-refractivity contribution in [3.63, 3.8) is 0 Å². The van der Waals surface area contributed by atoms with Gasteiger partial charge in [0.1, 0.15) is 0 Å². The molecule has 1 saturated heterocycles. The first-order chi connectivity index (χ1) is 7.47. The number of hydrogen-bond acceptors (Lipinski definition) is 3. The quantitative estimate of drug-likeness (QED) is 0.780. The van der Waals surface area contributed by atoms with Crippen molar-refractivity contribution < 1.29 is 13.2 Å². The molecule has 1 saturated carbocycles. The second kappa shape index (κ2) is 4.60. The van der Waals surface area contributed by atoms with Gasteiger partial charge in [0.25, 0.3) is 10.2 Å². The fraction of sp³-hybridized carbons (Fsp3) is 1.00. The monoisotopic (exact) mass is 248 g/mol. The summed E-state index contributed by atoms with van der Waals surface area (Å²) in [5.74, 6) is 0.561. The van der Waals surface area contributed by atoms with Gasteiger partial charge in [0.15, 0.2) is 0 Å². The second-order valence-corrected chi connectivity index (χ2v) is 6.63. The van der Waals surface area contributed by atoms with Crippen molar-refractivity contribution in [2.24, 2.45) is 5.92 Å². The molecule has 0 aromatic carbocycles. The minimum absolute atomic E-state index is 0.0266. The van der Waals surface area contributed by atoms with E-state index in [-0.39, 0.29) is 12.2 Å². The zero-order chi connectivity index (χ0) is 11.8. The number of nitrogens with one attached hydrogen (secondary N) is 1. The summed E-state index contributed by atoms with van der Waals surface area (Å²) >= 11 is 0. The Bertz CT molecular complexity index is 330. The summed E-state index contributed by atoms with van der Waals surface area (Å²) in [6.07, 6.45) is 2.25. The van der Waals surface area contributed by atoms with Crippen molar-refractivity contribution in [3.8, 4) is 0 Å². The highest BCUT2D eigenvalue weighted by molar-refractivity contribution is 7.87. The van der Waals surface area contributed by atoms with Crippen LogP contribution in [0.25, 0.3) is 0 Å². The van der Waals surface area contributed by atoms with Gasteiger partial charge in [0.05, 0.1) is 12.2 Å². The normalized spacial score (nSPS) is 32.9. The van der Waals surface area contributed by atoms with Crippen molar-refractivity contribution >= 4 is 10.2 Å². The third-order valence-corrected chi connectivity index (χ3v) is 4.49. The van der Waals surface area contributed by atoms with Crippen LogP contribution in [-0.4, -0.2) is 44.6 Å². The van der Waals surface area contributed by atoms with Gasteiger partial charge >= 0.3 is 0 Å². The standard InChI is InChI=1S/C10H20N2O3S/c1-8-6-12(7-9(2)15-8)16(13,14)11-5-10-3-4-10/h8-11H,3-7H2,1-2H3/t8-,9-/m1/s1. The predicted octanol–water partition coefficient (Wildman–Crippen LogP) is 0.340. The molecule has 6 heteroatoms. The van der Waals surface area contributed by atoms with E-state index >= 15 is 0 Å². The van der Waals surface area contributed by atoms with E-state index < -0.39 is 10.2 Å². The van der Waals surface area contributed by atoms with Crippen molar-refractivity contribution in [3.05, 3.63) is 0 Å². The minimum Gasteiger partial charge on any atom is -0.373 e. The van der Waals surface area contributed by atoms with Crippen molar-refractivity contribution in [2.75, 3.05) is 19.6 Å². The summed E-state index contributed by atoms with van der Waals surface area (Å²) in [5, 5.41) is 0. The lowest BCUT2D eigenvalue weighted by Crippen LogP contribution is -2.52. The Kier molecular flexibility index (Phi) is 3.53. The van der Waals surface area contributed by atoms with Gasteiger partial charge in [-0.3, -0.25) is 0 Å². The first-order valence-corrected chi connectivity index (χ1v) is 7.31. The Hall–Kier alpha value is -0.170. The molecule has 1 N–H and O–H groups in total. The van der Waals surface area contributed by atoms with Crippen LogP contribution in [-0.2, 0) is 14.9 Å². The largest absolute Gasteiger partial charge is 0.373 e. The van der Waals surface area contributed by atoms with Crippen LogP contribution in [0.2, 0.25) is 0 Å². The van der Waals surface area contributed by atoms with Crippen LogP contribution >= 0.6 is 0 Å². The maximum Gasteiger partial charge on any atom is 0.279 e. The van der Waals surface area contributed by atoms with Gasteiger partial charge in [-0.1, -0.05) is 0 Å². The molecule has 2 rings (SSSR count). The Balaban J connectivity index is 1.92. The number of rotatable bonds is 4. The molecular weight excluding hydrogens is 228 g/mol. The van der Waals surface area contributed by atoms with Gasteiger partial charge in [-0.15, -0.1) is 0 Å². The number of ether oxygens (including phenoxy) is 1. The third-order valence-electron chi connectivity index (χ3n) is 2.98. The van der Waals surface area contributed by atoms with E-state index in [2.05, 4.69) is 4.72 Å². The van der Waals surface area contributed by atoms with Crippen LogP contribution < -0.4 is 4.72 Å². The summed E-state index contributed by atoms with van der Waals surface area (Å²) < 4.78 is 33.6. The van der Waals surface area contributed by atoms with E-state index in [0.29, 0.717) is 25.6 Å². The fourth-order valence-corrected chi connectivity index (χ4v) is 3.40. The molecule has 94 valence electrons. The smallest absolute Gasteiger partial charge is 0.279 e. The lowest BCUT2D eigenvalue weighted by atomic mass is 10.3. The highest BCUT2D eigenvalue weighted by atomic mass is 32.2. The second-order valence-electron chi connectivity index (χ2n) is 4.87. The molecule has 0 aromatic rings. The van der Waals surface area contributed by atoms with E-state index in [0.717, 1.165) is 12.8 Å².